The molecule has 0 aliphatic carbocycles. The molecule has 2 aromatic rings. The van der Waals surface area contributed by atoms with Crippen molar-refractivity contribution < 1.29 is 4.74 Å². The zero-order valence-electron chi connectivity index (χ0n) is 18.3. The SMILES string of the molecule is CN=C(NCc1cccc(N(C)C)c1)N1CC2OCCN(Cc3ccccc3)C2C1. The number of nitrogens with one attached hydrogen (secondary N) is 1. The van der Waals surface area contributed by atoms with Crippen LogP contribution in [0.4, 0.5) is 5.69 Å². The predicted molar refractivity (Wildman–Crippen MR) is 123 cm³/mol. The monoisotopic (exact) mass is 407 g/mol. The molecular weight excluding hydrogens is 374 g/mol. The van der Waals surface area contributed by atoms with E-state index in [1.54, 1.807) is 0 Å². The van der Waals surface area contributed by atoms with Crippen LogP contribution in [0, 0.1) is 0 Å². The van der Waals surface area contributed by atoms with Gasteiger partial charge in [0.15, 0.2) is 5.96 Å². The van der Waals surface area contributed by atoms with E-state index in [1.165, 1.54) is 16.8 Å². The highest BCUT2D eigenvalue weighted by Crippen LogP contribution is 2.25. The van der Waals surface area contributed by atoms with E-state index in [-0.39, 0.29) is 6.10 Å². The second-order valence-corrected chi connectivity index (χ2v) is 8.30. The van der Waals surface area contributed by atoms with E-state index in [0.29, 0.717) is 6.04 Å². The number of fused-ring (bicyclic) bond motifs is 1. The topological polar surface area (TPSA) is 43.3 Å². The lowest BCUT2D eigenvalue weighted by Gasteiger charge is -2.36. The summed E-state index contributed by atoms with van der Waals surface area (Å²) in [5, 5.41) is 3.55. The third-order valence-electron chi connectivity index (χ3n) is 6.03. The number of hydrogen-bond donors (Lipinski definition) is 1. The summed E-state index contributed by atoms with van der Waals surface area (Å²) in [5.41, 5.74) is 3.82. The number of anilines is 1. The van der Waals surface area contributed by atoms with Gasteiger partial charge in [0.25, 0.3) is 0 Å². The Balaban J connectivity index is 1.38. The second-order valence-electron chi connectivity index (χ2n) is 8.30. The highest BCUT2D eigenvalue weighted by Gasteiger charge is 2.41. The Morgan fingerprint density at radius 2 is 1.90 bits per heavy atom. The molecule has 2 aromatic carbocycles. The fraction of sp³-hybridized carbons (Fsp3) is 0.458. The number of guanidine groups is 1. The molecule has 0 saturated carbocycles. The van der Waals surface area contributed by atoms with Crippen molar-refractivity contribution >= 4 is 11.6 Å². The van der Waals surface area contributed by atoms with Crippen molar-refractivity contribution in [2.75, 3.05) is 52.3 Å². The molecule has 6 heteroatoms. The summed E-state index contributed by atoms with van der Waals surface area (Å²) in [6.07, 6.45) is 0.234. The molecule has 2 saturated heterocycles. The molecule has 2 unspecified atom stereocenters. The number of morpholine rings is 1. The van der Waals surface area contributed by atoms with Crippen molar-refractivity contribution in [2.24, 2.45) is 4.99 Å². The molecule has 0 radical (unpaired) electrons. The summed E-state index contributed by atoms with van der Waals surface area (Å²) in [6, 6.07) is 19.7. The molecular formula is C24H33N5O. The van der Waals surface area contributed by atoms with E-state index in [9.17, 15) is 0 Å². The normalized spacial score (nSPS) is 22.1. The number of likely N-dealkylation sites (tertiary alicyclic amines) is 1. The molecule has 2 aliphatic rings. The zero-order valence-corrected chi connectivity index (χ0v) is 18.3. The molecule has 1 N–H and O–H groups in total. The van der Waals surface area contributed by atoms with Crippen molar-refractivity contribution in [1.29, 1.82) is 0 Å². The largest absolute Gasteiger partial charge is 0.378 e. The van der Waals surface area contributed by atoms with Gasteiger partial charge >= 0.3 is 0 Å². The smallest absolute Gasteiger partial charge is 0.194 e. The van der Waals surface area contributed by atoms with Crippen LogP contribution in [-0.2, 0) is 17.8 Å². The van der Waals surface area contributed by atoms with Crippen molar-refractivity contribution in [3.05, 3.63) is 65.7 Å². The number of aliphatic imine (C=N–C) groups is 1. The van der Waals surface area contributed by atoms with Gasteiger partial charge in [-0.05, 0) is 23.3 Å². The number of benzene rings is 2. The lowest BCUT2D eigenvalue weighted by molar-refractivity contribution is -0.0502. The van der Waals surface area contributed by atoms with Crippen LogP contribution in [0.25, 0.3) is 0 Å². The van der Waals surface area contributed by atoms with Gasteiger partial charge in [-0.15, -0.1) is 0 Å². The number of ether oxygens (including phenoxy) is 1. The Morgan fingerprint density at radius 3 is 2.67 bits per heavy atom. The minimum absolute atomic E-state index is 0.234. The molecule has 30 heavy (non-hydrogen) atoms. The van der Waals surface area contributed by atoms with Crippen molar-refractivity contribution in [3.63, 3.8) is 0 Å². The van der Waals surface area contributed by atoms with E-state index in [0.717, 1.165) is 45.3 Å². The third-order valence-corrected chi connectivity index (χ3v) is 6.03. The van der Waals surface area contributed by atoms with Crippen LogP contribution in [0.2, 0.25) is 0 Å². The third kappa shape index (κ3) is 4.77. The predicted octanol–water partition coefficient (Wildman–Crippen LogP) is 2.41. The molecule has 0 aromatic heterocycles. The molecule has 0 spiro atoms. The van der Waals surface area contributed by atoms with Crippen LogP contribution in [0.3, 0.4) is 0 Å². The van der Waals surface area contributed by atoms with Crippen LogP contribution < -0.4 is 10.2 Å². The van der Waals surface area contributed by atoms with Crippen LogP contribution in [0.15, 0.2) is 59.6 Å². The fourth-order valence-corrected chi connectivity index (χ4v) is 4.40. The first-order valence-electron chi connectivity index (χ1n) is 10.8. The van der Waals surface area contributed by atoms with Crippen LogP contribution in [-0.4, -0.2) is 75.3 Å². The Hall–Kier alpha value is -2.57. The minimum atomic E-state index is 0.234. The number of rotatable bonds is 5. The van der Waals surface area contributed by atoms with Gasteiger partial charge in [-0.2, -0.15) is 0 Å². The summed E-state index contributed by atoms with van der Waals surface area (Å²) < 4.78 is 6.13. The maximum Gasteiger partial charge on any atom is 0.194 e. The van der Waals surface area contributed by atoms with E-state index in [2.05, 4.69) is 93.7 Å². The van der Waals surface area contributed by atoms with Crippen molar-refractivity contribution in [1.82, 2.24) is 15.1 Å². The first-order chi connectivity index (χ1) is 14.6. The summed E-state index contributed by atoms with van der Waals surface area (Å²) in [5.74, 6) is 0.947. The van der Waals surface area contributed by atoms with Gasteiger partial charge < -0.3 is 19.9 Å². The molecule has 4 rings (SSSR count). The average Bonchev–Trinajstić information content (AvgIpc) is 3.20. The van der Waals surface area contributed by atoms with E-state index < -0.39 is 0 Å². The van der Waals surface area contributed by atoms with Gasteiger partial charge in [-0.1, -0.05) is 42.5 Å². The van der Waals surface area contributed by atoms with Crippen LogP contribution in [0.1, 0.15) is 11.1 Å². The molecule has 2 fully saturated rings. The highest BCUT2D eigenvalue weighted by atomic mass is 16.5. The summed E-state index contributed by atoms with van der Waals surface area (Å²) >= 11 is 0. The molecule has 2 heterocycles. The minimum Gasteiger partial charge on any atom is -0.378 e. The van der Waals surface area contributed by atoms with Crippen molar-refractivity contribution in [3.8, 4) is 0 Å². The van der Waals surface area contributed by atoms with Gasteiger partial charge in [-0.3, -0.25) is 9.89 Å². The maximum absolute atomic E-state index is 6.13. The molecule has 160 valence electrons. The lowest BCUT2D eigenvalue weighted by Crippen LogP contribution is -2.50. The van der Waals surface area contributed by atoms with Gasteiger partial charge in [0, 0.05) is 59.6 Å². The maximum atomic E-state index is 6.13. The second kappa shape index (κ2) is 9.49. The zero-order chi connectivity index (χ0) is 20.9. The van der Waals surface area contributed by atoms with Crippen LogP contribution in [0.5, 0.6) is 0 Å². The van der Waals surface area contributed by atoms with Crippen molar-refractivity contribution in [2.45, 2.75) is 25.2 Å². The fourth-order valence-electron chi connectivity index (χ4n) is 4.40. The van der Waals surface area contributed by atoms with E-state index >= 15 is 0 Å². The Bertz CT molecular complexity index is 854. The quantitative estimate of drug-likeness (QED) is 0.609. The standard InChI is InChI=1S/C24H33N5O/c1-25-24(26-15-20-10-7-11-21(14-20)27(2)3)29-17-22-23(18-29)30-13-12-28(22)16-19-8-5-4-6-9-19/h4-11,14,22-23H,12-13,15-18H2,1-3H3,(H,25,26). The van der Waals surface area contributed by atoms with E-state index in [4.69, 9.17) is 4.74 Å². The van der Waals surface area contributed by atoms with Gasteiger partial charge in [-0.25, -0.2) is 0 Å². The van der Waals surface area contributed by atoms with Gasteiger partial charge in [0.05, 0.1) is 18.8 Å². The highest BCUT2D eigenvalue weighted by molar-refractivity contribution is 5.80. The summed E-state index contributed by atoms with van der Waals surface area (Å²) in [6.45, 7) is 5.33. The lowest BCUT2D eigenvalue weighted by atomic mass is 10.1. The molecule has 6 nitrogen and oxygen atoms in total. The number of nitrogens with zero attached hydrogens (tertiary/aromatic N) is 4. The molecule has 0 bridgehead atoms. The van der Waals surface area contributed by atoms with Gasteiger partial charge in [0.1, 0.15) is 0 Å². The van der Waals surface area contributed by atoms with Gasteiger partial charge in [0.2, 0.25) is 0 Å². The molecule has 2 aliphatic heterocycles. The first kappa shape index (κ1) is 20.7. The first-order valence-corrected chi connectivity index (χ1v) is 10.8. The Kier molecular flexibility index (Phi) is 6.55. The Morgan fingerprint density at radius 1 is 1.10 bits per heavy atom. The molecule has 0 amide bonds. The summed E-state index contributed by atoms with van der Waals surface area (Å²) in [4.78, 5) is 11.6. The molecule has 2 atom stereocenters. The number of hydrogen-bond acceptors (Lipinski definition) is 4. The summed E-state index contributed by atoms with van der Waals surface area (Å²) in [7, 11) is 6.00. The average molecular weight is 408 g/mol. The van der Waals surface area contributed by atoms with E-state index in [1.807, 2.05) is 7.05 Å². The Labute approximate surface area is 180 Å². The van der Waals surface area contributed by atoms with Crippen LogP contribution >= 0.6 is 0 Å².